The Morgan fingerprint density at radius 1 is 1.20 bits per heavy atom. The molecule has 0 saturated heterocycles. The van der Waals surface area contributed by atoms with Crippen LogP contribution in [0.1, 0.15) is 34.9 Å². The fourth-order valence-corrected chi connectivity index (χ4v) is 4.32. The van der Waals surface area contributed by atoms with Crippen LogP contribution in [0.3, 0.4) is 0 Å². The van der Waals surface area contributed by atoms with E-state index in [4.69, 9.17) is 9.90 Å². The van der Waals surface area contributed by atoms with Crippen molar-refractivity contribution in [2.75, 3.05) is 0 Å². The molecule has 0 radical (unpaired) electrons. The molecule has 2 heterocycles. The lowest BCUT2D eigenvalue weighted by Crippen LogP contribution is -2.23. The first-order chi connectivity index (χ1) is 14.3. The van der Waals surface area contributed by atoms with Crippen LogP contribution in [0, 0.1) is 0 Å². The van der Waals surface area contributed by atoms with Crippen molar-refractivity contribution in [2.24, 2.45) is 0 Å². The fraction of sp³-hybridized carbons (Fsp3) is 0.273. The molecule has 158 valence electrons. The molecule has 4 rings (SSSR count). The summed E-state index contributed by atoms with van der Waals surface area (Å²) >= 11 is 1.90. The molecule has 8 heteroatoms. The number of carboxylic acids is 1. The second kappa shape index (κ2) is 9.86. The Hall–Kier alpha value is -2.71. The summed E-state index contributed by atoms with van der Waals surface area (Å²) in [6.45, 7) is 0.911. The molecule has 0 bridgehead atoms. The third-order valence-corrected chi connectivity index (χ3v) is 5.77. The van der Waals surface area contributed by atoms with Crippen molar-refractivity contribution in [3.63, 3.8) is 0 Å². The predicted octanol–water partition coefficient (Wildman–Crippen LogP) is 5.61. The van der Waals surface area contributed by atoms with E-state index in [0.717, 1.165) is 6.54 Å². The van der Waals surface area contributed by atoms with Gasteiger partial charge in [-0.3, -0.25) is 4.98 Å². The van der Waals surface area contributed by atoms with Crippen molar-refractivity contribution < 1.29 is 23.1 Å². The first-order valence-corrected chi connectivity index (χ1v) is 10.3. The number of pyridine rings is 1. The molecule has 0 amide bonds. The summed E-state index contributed by atoms with van der Waals surface area (Å²) in [4.78, 5) is 14.7. The lowest BCUT2D eigenvalue weighted by molar-refractivity contribution is -0.192. The largest absolute Gasteiger partial charge is 0.490 e. The van der Waals surface area contributed by atoms with Crippen LogP contribution in [0.2, 0.25) is 0 Å². The number of thiophene rings is 1. The quantitative estimate of drug-likeness (QED) is 0.560. The van der Waals surface area contributed by atoms with Crippen LogP contribution >= 0.6 is 11.3 Å². The third kappa shape index (κ3) is 5.90. The number of alkyl halides is 3. The minimum Gasteiger partial charge on any atom is -0.475 e. The molecule has 1 aliphatic rings. The maximum Gasteiger partial charge on any atom is 0.490 e. The average molecular weight is 434 g/mol. The first kappa shape index (κ1) is 22.0. The summed E-state index contributed by atoms with van der Waals surface area (Å²) < 4.78 is 31.7. The van der Waals surface area contributed by atoms with Gasteiger partial charge in [0, 0.05) is 29.9 Å². The molecule has 2 N–H and O–H groups in total. The topological polar surface area (TPSA) is 62.2 Å². The number of carboxylic acid groups (broad SMARTS) is 1. The molecule has 4 nitrogen and oxygen atoms in total. The van der Waals surface area contributed by atoms with Crippen LogP contribution in [0.15, 0.2) is 60.2 Å². The summed E-state index contributed by atoms with van der Waals surface area (Å²) in [6.07, 6.45) is 2.44. The highest BCUT2D eigenvalue weighted by atomic mass is 32.1. The molecule has 0 spiro atoms. The van der Waals surface area contributed by atoms with Crippen molar-refractivity contribution in [3.8, 4) is 11.1 Å². The van der Waals surface area contributed by atoms with E-state index in [-0.39, 0.29) is 0 Å². The smallest absolute Gasteiger partial charge is 0.475 e. The standard InChI is InChI=1S/C20H20N2S.C2HF3O2/c1-4-15(12-16(5-1)17-6-3-10-21-14-17)13-22-19-7-2-8-20-18(19)9-11-23-20;3-2(4,5)1(6)7/h1,3-6,9-12,14,19,22H,2,7-8,13H2;(H,6,7). The van der Waals surface area contributed by atoms with Gasteiger partial charge < -0.3 is 10.4 Å². The Balaban J connectivity index is 0.000000318. The van der Waals surface area contributed by atoms with E-state index in [0.29, 0.717) is 6.04 Å². The van der Waals surface area contributed by atoms with Crippen LogP contribution in [-0.2, 0) is 17.8 Å². The zero-order valence-corrected chi connectivity index (χ0v) is 16.8. The van der Waals surface area contributed by atoms with E-state index in [2.05, 4.69) is 52.1 Å². The zero-order chi connectivity index (χ0) is 21.6. The van der Waals surface area contributed by atoms with Crippen molar-refractivity contribution >= 4 is 17.3 Å². The monoisotopic (exact) mass is 434 g/mol. The molecular formula is C22H21F3N2O2S. The summed E-state index contributed by atoms with van der Waals surface area (Å²) in [7, 11) is 0. The number of hydrogen-bond donors (Lipinski definition) is 2. The van der Waals surface area contributed by atoms with Gasteiger partial charge in [-0.25, -0.2) is 4.79 Å². The molecule has 0 saturated carbocycles. The normalized spacial score (nSPS) is 15.6. The number of halogens is 3. The summed E-state index contributed by atoms with van der Waals surface area (Å²) in [6, 6.07) is 15.6. The molecule has 3 aromatic rings. The van der Waals surface area contributed by atoms with E-state index in [9.17, 15) is 13.2 Å². The van der Waals surface area contributed by atoms with Crippen molar-refractivity contribution in [3.05, 3.63) is 76.2 Å². The van der Waals surface area contributed by atoms with E-state index in [1.54, 1.807) is 4.88 Å². The van der Waals surface area contributed by atoms with Crippen molar-refractivity contribution in [1.29, 1.82) is 0 Å². The number of rotatable bonds is 4. The second-order valence-electron chi connectivity index (χ2n) is 6.87. The summed E-state index contributed by atoms with van der Waals surface area (Å²) in [5, 5.41) is 13.1. The van der Waals surface area contributed by atoms with Gasteiger partial charge in [0.15, 0.2) is 0 Å². The van der Waals surface area contributed by atoms with Crippen molar-refractivity contribution in [2.45, 2.75) is 38.0 Å². The number of aliphatic carboxylic acids is 1. The maximum atomic E-state index is 10.6. The van der Waals surface area contributed by atoms with Crippen LogP contribution in [0.25, 0.3) is 11.1 Å². The van der Waals surface area contributed by atoms with Gasteiger partial charge in [0.1, 0.15) is 0 Å². The highest BCUT2D eigenvalue weighted by molar-refractivity contribution is 7.10. The van der Waals surface area contributed by atoms with E-state index < -0.39 is 12.1 Å². The number of carbonyl (C=O) groups is 1. The van der Waals surface area contributed by atoms with E-state index in [1.165, 1.54) is 41.5 Å². The van der Waals surface area contributed by atoms with Gasteiger partial charge in [0.2, 0.25) is 0 Å². The molecule has 0 fully saturated rings. The number of hydrogen-bond acceptors (Lipinski definition) is 4. The number of nitrogens with one attached hydrogen (secondary N) is 1. The number of benzene rings is 1. The first-order valence-electron chi connectivity index (χ1n) is 9.43. The van der Waals surface area contributed by atoms with Gasteiger partial charge in [-0.15, -0.1) is 11.3 Å². The zero-order valence-electron chi connectivity index (χ0n) is 16.0. The van der Waals surface area contributed by atoms with Gasteiger partial charge in [-0.05, 0) is 65.1 Å². The third-order valence-electron chi connectivity index (χ3n) is 4.77. The van der Waals surface area contributed by atoms with Gasteiger partial charge in [-0.2, -0.15) is 13.2 Å². The van der Waals surface area contributed by atoms with Gasteiger partial charge in [-0.1, -0.05) is 24.3 Å². The number of aryl methyl sites for hydroxylation is 1. The molecular weight excluding hydrogens is 413 g/mol. The van der Waals surface area contributed by atoms with Crippen LogP contribution in [0.5, 0.6) is 0 Å². The lowest BCUT2D eigenvalue weighted by atomic mass is 9.94. The molecule has 1 atom stereocenters. The predicted molar refractivity (Wildman–Crippen MR) is 110 cm³/mol. The summed E-state index contributed by atoms with van der Waals surface area (Å²) in [5.41, 5.74) is 5.25. The summed E-state index contributed by atoms with van der Waals surface area (Å²) in [5.74, 6) is -2.76. The Bertz CT molecular complexity index is 974. The Morgan fingerprint density at radius 2 is 1.97 bits per heavy atom. The minimum absolute atomic E-state index is 0.507. The highest BCUT2D eigenvalue weighted by Gasteiger charge is 2.38. The Labute approximate surface area is 176 Å². The molecule has 1 aliphatic carbocycles. The van der Waals surface area contributed by atoms with Crippen LogP contribution < -0.4 is 5.32 Å². The second-order valence-corrected chi connectivity index (χ2v) is 7.87. The SMILES string of the molecule is O=C(O)C(F)(F)F.c1cncc(-c2cccc(CNC3CCCc4sccc43)c2)c1. The van der Waals surface area contributed by atoms with E-state index in [1.807, 2.05) is 29.8 Å². The highest BCUT2D eigenvalue weighted by Crippen LogP contribution is 2.33. The molecule has 30 heavy (non-hydrogen) atoms. The van der Waals surface area contributed by atoms with Gasteiger partial charge >= 0.3 is 12.1 Å². The van der Waals surface area contributed by atoms with Crippen LogP contribution in [-0.4, -0.2) is 22.2 Å². The fourth-order valence-electron chi connectivity index (χ4n) is 3.33. The molecule has 1 unspecified atom stereocenters. The maximum absolute atomic E-state index is 10.6. The molecule has 0 aliphatic heterocycles. The van der Waals surface area contributed by atoms with Gasteiger partial charge in [0.05, 0.1) is 0 Å². The average Bonchev–Trinajstić information content (AvgIpc) is 3.22. The van der Waals surface area contributed by atoms with E-state index >= 15 is 0 Å². The van der Waals surface area contributed by atoms with Gasteiger partial charge in [0.25, 0.3) is 0 Å². The molecule has 1 aromatic carbocycles. The van der Waals surface area contributed by atoms with Crippen molar-refractivity contribution in [1.82, 2.24) is 10.3 Å². The minimum atomic E-state index is -5.08. The molecule has 2 aromatic heterocycles. The number of fused-ring (bicyclic) bond motifs is 1. The number of nitrogens with zero attached hydrogens (tertiary/aromatic N) is 1. The Kier molecular flexibility index (Phi) is 7.23. The lowest BCUT2D eigenvalue weighted by Gasteiger charge is -2.24. The van der Waals surface area contributed by atoms with Crippen LogP contribution in [0.4, 0.5) is 13.2 Å². The Morgan fingerprint density at radius 3 is 2.67 bits per heavy atom. The number of aromatic nitrogens is 1.